The standard InChI is InChI=1S/C18H15BrFN3O3S/c1-11-3-2-4-13(7-11)25-9-17-22-23-18(26-17)27-10-16(24)21-15-6-5-12(19)8-14(15)20/h2-8H,9-10H2,1H3,(H,21,24). The lowest BCUT2D eigenvalue weighted by Crippen LogP contribution is -2.15. The van der Waals surface area contributed by atoms with Gasteiger partial charge in [0.2, 0.25) is 5.91 Å². The zero-order chi connectivity index (χ0) is 19.2. The third kappa shape index (κ3) is 5.80. The number of anilines is 1. The molecule has 0 saturated heterocycles. The molecule has 1 N–H and O–H groups in total. The van der Waals surface area contributed by atoms with E-state index in [9.17, 15) is 9.18 Å². The third-order valence-electron chi connectivity index (χ3n) is 3.33. The third-order valence-corrected chi connectivity index (χ3v) is 4.64. The summed E-state index contributed by atoms with van der Waals surface area (Å²) in [6.07, 6.45) is 0. The van der Waals surface area contributed by atoms with E-state index in [4.69, 9.17) is 9.15 Å². The quantitative estimate of drug-likeness (QED) is 0.529. The fourth-order valence-corrected chi connectivity index (χ4v) is 3.02. The van der Waals surface area contributed by atoms with Gasteiger partial charge in [-0.1, -0.05) is 39.8 Å². The Hall–Kier alpha value is -2.39. The van der Waals surface area contributed by atoms with Crippen LogP contribution in [-0.4, -0.2) is 21.9 Å². The Labute approximate surface area is 167 Å². The number of benzene rings is 2. The number of aromatic nitrogens is 2. The molecule has 1 heterocycles. The van der Waals surface area contributed by atoms with Crippen LogP contribution in [0.4, 0.5) is 10.1 Å². The van der Waals surface area contributed by atoms with Gasteiger partial charge in [0.15, 0.2) is 6.61 Å². The van der Waals surface area contributed by atoms with E-state index in [1.54, 1.807) is 6.07 Å². The molecule has 1 aromatic heterocycles. The molecule has 1 amide bonds. The molecular weight excluding hydrogens is 437 g/mol. The Morgan fingerprint density at radius 2 is 2.15 bits per heavy atom. The zero-order valence-corrected chi connectivity index (χ0v) is 16.6. The van der Waals surface area contributed by atoms with Crippen molar-refractivity contribution in [3.63, 3.8) is 0 Å². The largest absolute Gasteiger partial charge is 0.484 e. The summed E-state index contributed by atoms with van der Waals surface area (Å²) in [6.45, 7) is 2.10. The van der Waals surface area contributed by atoms with Crippen molar-refractivity contribution in [1.29, 1.82) is 0 Å². The van der Waals surface area contributed by atoms with Crippen molar-refractivity contribution in [1.82, 2.24) is 10.2 Å². The predicted molar refractivity (Wildman–Crippen MR) is 103 cm³/mol. The Bertz CT molecular complexity index is 951. The SMILES string of the molecule is Cc1cccc(OCc2nnc(SCC(=O)Nc3ccc(Br)cc3F)o2)c1. The van der Waals surface area contributed by atoms with E-state index in [1.807, 2.05) is 31.2 Å². The highest BCUT2D eigenvalue weighted by molar-refractivity contribution is 9.10. The molecule has 0 spiro atoms. The predicted octanol–water partition coefficient (Wildman–Crippen LogP) is 4.59. The fraction of sp³-hybridized carbons (Fsp3) is 0.167. The maximum atomic E-state index is 13.7. The lowest BCUT2D eigenvalue weighted by atomic mass is 10.2. The highest BCUT2D eigenvalue weighted by atomic mass is 79.9. The molecule has 0 bridgehead atoms. The normalized spacial score (nSPS) is 10.6. The molecule has 27 heavy (non-hydrogen) atoms. The summed E-state index contributed by atoms with van der Waals surface area (Å²) >= 11 is 4.22. The molecule has 0 fully saturated rings. The van der Waals surface area contributed by atoms with Gasteiger partial charge in [0.1, 0.15) is 11.6 Å². The van der Waals surface area contributed by atoms with E-state index in [0.29, 0.717) is 16.1 Å². The number of carbonyl (C=O) groups is 1. The number of rotatable bonds is 7. The topological polar surface area (TPSA) is 77.2 Å². The molecule has 0 atom stereocenters. The summed E-state index contributed by atoms with van der Waals surface area (Å²) < 4.78 is 25.3. The highest BCUT2D eigenvalue weighted by Gasteiger charge is 2.12. The molecule has 140 valence electrons. The Morgan fingerprint density at radius 1 is 1.30 bits per heavy atom. The van der Waals surface area contributed by atoms with Crippen molar-refractivity contribution in [3.8, 4) is 5.75 Å². The molecule has 0 aliphatic heterocycles. The van der Waals surface area contributed by atoms with E-state index in [-0.39, 0.29) is 29.2 Å². The summed E-state index contributed by atoms with van der Waals surface area (Å²) in [4.78, 5) is 11.9. The average molecular weight is 452 g/mol. The summed E-state index contributed by atoms with van der Waals surface area (Å²) in [7, 11) is 0. The smallest absolute Gasteiger partial charge is 0.277 e. The molecule has 0 aliphatic rings. The molecule has 3 aromatic rings. The maximum Gasteiger partial charge on any atom is 0.277 e. The minimum absolute atomic E-state index is 0.00980. The molecule has 3 rings (SSSR count). The van der Waals surface area contributed by atoms with E-state index in [2.05, 4.69) is 31.4 Å². The van der Waals surface area contributed by atoms with Crippen LogP contribution in [0.25, 0.3) is 0 Å². The number of halogens is 2. The second kappa shape index (κ2) is 9.01. The molecule has 9 heteroatoms. The minimum atomic E-state index is -0.518. The van der Waals surface area contributed by atoms with Crippen LogP contribution in [0.2, 0.25) is 0 Å². The van der Waals surface area contributed by atoms with Gasteiger partial charge in [-0.05, 0) is 42.8 Å². The van der Waals surface area contributed by atoms with Crippen LogP contribution in [0.5, 0.6) is 5.75 Å². The van der Waals surface area contributed by atoms with E-state index >= 15 is 0 Å². The van der Waals surface area contributed by atoms with Crippen molar-refractivity contribution in [2.45, 2.75) is 18.8 Å². The van der Waals surface area contributed by atoms with Gasteiger partial charge < -0.3 is 14.5 Å². The van der Waals surface area contributed by atoms with Crippen molar-refractivity contribution in [2.24, 2.45) is 0 Å². The van der Waals surface area contributed by atoms with Crippen LogP contribution in [0.3, 0.4) is 0 Å². The summed E-state index contributed by atoms with van der Waals surface area (Å²) in [5, 5.41) is 10.5. The molecule has 0 radical (unpaired) electrons. The minimum Gasteiger partial charge on any atom is -0.484 e. The van der Waals surface area contributed by atoms with Crippen LogP contribution in [0.1, 0.15) is 11.5 Å². The first-order valence-corrected chi connectivity index (χ1v) is 9.67. The highest BCUT2D eigenvalue weighted by Crippen LogP contribution is 2.21. The molecular formula is C18H15BrFN3O3S. The second-order valence-electron chi connectivity index (χ2n) is 5.53. The molecule has 0 unspecified atom stereocenters. The van der Waals surface area contributed by atoms with E-state index in [1.165, 1.54) is 12.1 Å². The van der Waals surface area contributed by atoms with Crippen LogP contribution < -0.4 is 10.1 Å². The molecule has 0 saturated carbocycles. The van der Waals surface area contributed by atoms with Gasteiger partial charge in [-0.3, -0.25) is 4.79 Å². The first kappa shape index (κ1) is 19.4. The zero-order valence-electron chi connectivity index (χ0n) is 14.2. The Kier molecular flexibility index (Phi) is 6.46. The van der Waals surface area contributed by atoms with Crippen molar-refractivity contribution < 1.29 is 18.3 Å². The summed E-state index contributed by atoms with van der Waals surface area (Å²) in [5.41, 5.74) is 1.20. The number of aryl methyl sites for hydroxylation is 1. The number of carbonyl (C=O) groups excluding carboxylic acids is 1. The van der Waals surface area contributed by atoms with E-state index < -0.39 is 5.82 Å². The number of hydrogen-bond donors (Lipinski definition) is 1. The Morgan fingerprint density at radius 3 is 2.93 bits per heavy atom. The average Bonchev–Trinajstić information content (AvgIpc) is 3.09. The summed E-state index contributed by atoms with van der Waals surface area (Å²) in [5.74, 6) is 0.125. The van der Waals surface area contributed by atoms with Gasteiger partial charge in [0, 0.05) is 4.47 Å². The van der Waals surface area contributed by atoms with Crippen molar-refractivity contribution in [2.75, 3.05) is 11.1 Å². The summed E-state index contributed by atoms with van der Waals surface area (Å²) in [6, 6.07) is 12.0. The number of nitrogens with one attached hydrogen (secondary N) is 1. The number of thioether (sulfide) groups is 1. The maximum absolute atomic E-state index is 13.7. The van der Waals surface area contributed by atoms with Gasteiger partial charge in [0.25, 0.3) is 11.1 Å². The van der Waals surface area contributed by atoms with Gasteiger partial charge in [-0.15, -0.1) is 10.2 Å². The van der Waals surface area contributed by atoms with Gasteiger partial charge in [0.05, 0.1) is 11.4 Å². The molecule has 6 nitrogen and oxygen atoms in total. The van der Waals surface area contributed by atoms with Crippen LogP contribution in [0, 0.1) is 12.7 Å². The fourth-order valence-electron chi connectivity index (χ4n) is 2.11. The van der Waals surface area contributed by atoms with Gasteiger partial charge in [-0.2, -0.15) is 0 Å². The first-order chi connectivity index (χ1) is 13.0. The van der Waals surface area contributed by atoms with Crippen LogP contribution >= 0.6 is 27.7 Å². The monoisotopic (exact) mass is 451 g/mol. The lowest BCUT2D eigenvalue weighted by molar-refractivity contribution is -0.113. The number of nitrogens with zero attached hydrogens (tertiary/aromatic N) is 2. The van der Waals surface area contributed by atoms with Gasteiger partial charge in [-0.25, -0.2) is 4.39 Å². The second-order valence-corrected chi connectivity index (χ2v) is 7.37. The molecule has 2 aromatic carbocycles. The first-order valence-electron chi connectivity index (χ1n) is 7.89. The van der Waals surface area contributed by atoms with Crippen LogP contribution in [0.15, 0.2) is 56.6 Å². The Balaban J connectivity index is 1.48. The van der Waals surface area contributed by atoms with E-state index in [0.717, 1.165) is 17.3 Å². The number of amides is 1. The number of hydrogen-bond acceptors (Lipinski definition) is 6. The number of ether oxygens (including phenoxy) is 1. The van der Waals surface area contributed by atoms with Crippen LogP contribution in [-0.2, 0) is 11.4 Å². The lowest BCUT2D eigenvalue weighted by Gasteiger charge is -2.05. The van der Waals surface area contributed by atoms with Crippen molar-refractivity contribution >= 4 is 39.3 Å². The molecule has 0 aliphatic carbocycles. The van der Waals surface area contributed by atoms with Gasteiger partial charge >= 0.3 is 0 Å². The van der Waals surface area contributed by atoms with Crippen molar-refractivity contribution in [3.05, 3.63) is 64.2 Å².